The van der Waals surface area contributed by atoms with Gasteiger partial charge in [-0.1, -0.05) is 57.5 Å². The third-order valence-electron chi connectivity index (χ3n) is 4.09. The number of halogens is 1. The molecule has 0 fully saturated rings. The minimum atomic E-state index is -0.629. The lowest BCUT2D eigenvalue weighted by Gasteiger charge is -2.32. The summed E-state index contributed by atoms with van der Waals surface area (Å²) in [4.78, 5) is 12.4. The number of ether oxygens (including phenoxy) is 1. The minimum absolute atomic E-state index is 0.0112. The number of aryl methyl sites for hydroxylation is 1. The van der Waals surface area contributed by atoms with Crippen molar-refractivity contribution in [2.24, 2.45) is 5.41 Å². The maximum absolute atomic E-state index is 12.4. The van der Waals surface area contributed by atoms with E-state index in [1.54, 1.807) is 0 Å². The first kappa shape index (κ1) is 23.7. The number of benzene rings is 1. The van der Waals surface area contributed by atoms with Gasteiger partial charge in [0, 0.05) is 21.2 Å². The largest absolute Gasteiger partial charge is 0.468 e. The number of carbonyl (C=O) groups excluding carboxylic acids is 1. The summed E-state index contributed by atoms with van der Waals surface area (Å²) < 4.78 is 10.5. The van der Waals surface area contributed by atoms with Crippen molar-refractivity contribution in [3.63, 3.8) is 0 Å². The SMILES string of the molecule is CC.COC(=O)C(C)(CCC(C)(C)COSI)c1cccc(C)c1. The van der Waals surface area contributed by atoms with Crippen LogP contribution in [0.25, 0.3) is 0 Å². The fourth-order valence-electron chi connectivity index (χ4n) is 2.42. The number of methoxy groups -OCH3 is 1. The zero-order valence-corrected chi connectivity index (χ0v) is 18.9. The second-order valence-corrected chi connectivity index (χ2v) is 8.12. The molecule has 1 aromatic rings. The predicted octanol–water partition coefficient (Wildman–Crippen LogP) is 6.27. The van der Waals surface area contributed by atoms with Gasteiger partial charge in [-0.25, -0.2) is 0 Å². The summed E-state index contributed by atoms with van der Waals surface area (Å²) in [5, 5.41) is 0. The Kier molecular flexibility index (Phi) is 11.2. The van der Waals surface area contributed by atoms with E-state index in [0.717, 1.165) is 24.0 Å². The number of esters is 1. The summed E-state index contributed by atoms with van der Waals surface area (Å²) >= 11 is 2.12. The standard InChI is InChI=1S/C17H25IO3S.C2H6/c1-13-7-6-8-14(11-13)17(4,15(19)20-5)10-9-16(2,3)12-21-22-18;1-2/h6-8,11H,9-10,12H2,1-5H3;1-2H3. The summed E-state index contributed by atoms with van der Waals surface area (Å²) in [5.41, 5.74) is 1.54. The van der Waals surface area contributed by atoms with E-state index in [0.29, 0.717) is 6.61 Å². The third-order valence-corrected chi connectivity index (χ3v) is 5.06. The molecule has 1 unspecified atom stereocenters. The maximum Gasteiger partial charge on any atom is 0.315 e. The highest BCUT2D eigenvalue weighted by molar-refractivity contribution is 14.2. The van der Waals surface area contributed by atoms with Gasteiger partial charge in [0.15, 0.2) is 0 Å². The van der Waals surface area contributed by atoms with Crippen LogP contribution in [0.15, 0.2) is 24.3 Å². The molecule has 5 heteroatoms. The van der Waals surface area contributed by atoms with Gasteiger partial charge >= 0.3 is 5.97 Å². The van der Waals surface area contributed by atoms with Gasteiger partial charge in [-0.3, -0.25) is 4.79 Å². The molecule has 3 nitrogen and oxygen atoms in total. The summed E-state index contributed by atoms with van der Waals surface area (Å²) in [7, 11) is 2.81. The zero-order chi connectivity index (χ0) is 18.8. The number of hydrogen-bond acceptors (Lipinski definition) is 4. The third kappa shape index (κ3) is 7.31. The van der Waals surface area contributed by atoms with E-state index < -0.39 is 5.41 Å². The molecule has 0 aliphatic rings. The zero-order valence-electron chi connectivity index (χ0n) is 15.9. The molecule has 0 N–H and O–H groups in total. The van der Waals surface area contributed by atoms with Crippen LogP contribution in [-0.2, 0) is 19.1 Å². The van der Waals surface area contributed by atoms with Crippen molar-refractivity contribution in [3.8, 4) is 0 Å². The Balaban J connectivity index is 0.00000254. The highest BCUT2D eigenvalue weighted by Gasteiger charge is 2.38. The molecule has 0 heterocycles. The maximum atomic E-state index is 12.4. The van der Waals surface area contributed by atoms with Crippen molar-refractivity contribution in [1.82, 2.24) is 0 Å². The van der Waals surface area contributed by atoms with E-state index >= 15 is 0 Å². The first-order valence-corrected chi connectivity index (χ1v) is 11.6. The van der Waals surface area contributed by atoms with Crippen molar-refractivity contribution in [2.45, 2.75) is 59.8 Å². The van der Waals surface area contributed by atoms with Crippen LogP contribution in [0.1, 0.15) is 58.6 Å². The van der Waals surface area contributed by atoms with E-state index in [-0.39, 0.29) is 11.4 Å². The number of carbonyl (C=O) groups is 1. The van der Waals surface area contributed by atoms with Crippen LogP contribution in [0.2, 0.25) is 0 Å². The highest BCUT2D eigenvalue weighted by Crippen LogP contribution is 2.36. The Labute approximate surface area is 164 Å². The van der Waals surface area contributed by atoms with Gasteiger partial charge in [0.25, 0.3) is 0 Å². The Morgan fingerprint density at radius 2 is 1.83 bits per heavy atom. The topological polar surface area (TPSA) is 35.5 Å². The summed E-state index contributed by atoms with van der Waals surface area (Å²) in [6, 6.07) is 8.11. The molecule has 1 atom stereocenters. The average Bonchev–Trinajstić information content (AvgIpc) is 2.59. The molecule has 0 amide bonds. The molecular weight excluding hydrogens is 435 g/mol. The lowest BCUT2D eigenvalue weighted by Crippen LogP contribution is -2.35. The number of hydrogen-bond donors (Lipinski definition) is 0. The van der Waals surface area contributed by atoms with Crippen LogP contribution >= 0.6 is 30.4 Å². The van der Waals surface area contributed by atoms with Gasteiger partial charge in [0.05, 0.1) is 28.3 Å². The number of rotatable bonds is 8. The molecule has 0 aromatic heterocycles. The fourth-order valence-corrected chi connectivity index (χ4v) is 3.17. The van der Waals surface area contributed by atoms with Crippen molar-refractivity contribution in [2.75, 3.05) is 13.7 Å². The molecule has 1 aromatic carbocycles. The van der Waals surface area contributed by atoms with Gasteiger partial charge in [0.2, 0.25) is 0 Å². The second kappa shape index (κ2) is 11.4. The van der Waals surface area contributed by atoms with Gasteiger partial charge in [-0.15, -0.1) is 0 Å². The van der Waals surface area contributed by atoms with Crippen LogP contribution in [0.3, 0.4) is 0 Å². The molecule has 0 aliphatic heterocycles. The molecule has 0 bridgehead atoms. The summed E-state index contributed by atoms with van der Waals surface area (Å²) in [5.74, 6) is -0.182. The Bertz CT molecular complexity index is 505. The molecule has 0 aliphatic carbocycles. The summed E-state index contributed by atoms with van der Waals surface area (Å²) in [6.07, 6.45) is 1.61. The van der Waals surface area contributed by atoms with Crippen molar-refractivity contribution in [1.29, 1.82) is 0 Å². The van der Waals surface area contributed by atoms with Gasteiger partial charge in [-0.2, -0.15) is 0 Å². The van der Waals surface area contributed by atoms with Gasteiger partial charge in [0.1, 0.15) is 0 Å². The lowest BCUT2D eigenvalue weighted by molar-refractivity contribution is -0.147. The van der Waals surface area contributed by atoms with Crippen molar-refractivity contribution < 1.29 is 13.7 Å². The van der Waals surface area contributed by atoms with Gasteiger partial charge in [-0.05, 0) is 37.7 Å². The van der Waals surface area contributed by atoms with E-state index in [1.165, 1.54) is 16.3 Å². The average molecular weight is 466 g/mol. The molecule has 0 saturated carbocycles. The fraction of sp³-hybridized carbons (Fsp3) is 0.632. The molecule has 0 radical (unpaired) electrons. The second-order valence-electron chi connectivity index (χ2n) is 6.68. The minimum Gasteiger partial charge on any atom is -0.468 e. The molecule has 0 saturated heterocycles. The van der Waals surface area contributed by atoms with E-state index in [2.05, 4.69) is 41.1 Å². The lowest BCUT2D eigenvalue weighted by atomic mass is 9.74. The Morgan fingerprint density at radius 3 is 2.33 bits per heavy atom. The van der Waals surface area contributed by atoms with E-state index in [9.17, 15) is 4.79 Å². The predicted molar refractivity (Wildman–Crippen MR) is 112 cm³/mol. The first-order chi connectivity index (χ1) is 11.2. The van der Waals surface area contributed by atoms with Crippen LogP contribution < -0.4 is 0 Å². The van der Waals surface area contributed by atoms with Crippen molar-refractivity contribution in [3.05, 3.63) is 35.4 Å². The quantitative estimate of drug-likeness (QED) is 0.257. The Morgan fingerprint density at radius 1 is 1.21 bits per heavy atom. The molecule has 24 heavy (non-hydrogen) atoms. The molecule has 1 rings (SSSR count). The van der Waals surface area contributed by atoms with Crippen molar-refractivity contribution >= 4 is 36.4 Å². The molecule has 0 spiro atoms. The smallest absolute Gasteiger partial charge is 0.315 e. The summed E-state index contributed by atoms with van der Waals surface area (Å²) in [6.45, 7) is 13.0. The molecule has 138 valence electrons. The van der Waals surface area contributed by atoms with Crippen LogP contribution in [0, 0.1) is 12.3 Å². The monoisotopic (exact) mass is 466 g/mol. The van der Waals surface area contributed by atoms with Crippen LogP contribution in [0.4, 0.5) is 0 Å². The Hall–Kier alpha value is -0.270. The van der Waals surface area contributed by atoms with Crippen LogP contribution in [-0.4, -0.2) is 19.7 Å². The normalized spacial score (nSPS) is 13.5. The highest BCUT2D eigenvalue weighted by atomic mass is 127. The van der Waals surface area contributed by atoms with Gasteiger partial charge < -0.3 is 8.92 Å². The van der Waals surface area contributed by atoms with Crippen LogP contribution in [0.5, 0.6) is 0 Å². The molecular formula is C19H31IO3S. The first-order valence-electron chi connectivity index (χ1n) is 8.31. The van der Waals surface area contributed by atoms with E-state index in [4.69, 9.17) is 8.92 Å². The van der Waals surface area contributed by atoms with E-state index in [1.807, 2.05) is 45.9 Å².